The number of aliphatic hydroxyl groups is 1. The maximum atomic E-state index is 9.55. The van der Waals surface area contributed by atoms with Gasteiger partial charge in [0, 0.05) is 25.5 Å². The van der Waals surface area contributed by atoms with Crippen LogP contribution in [0.2, 0.25) is 0 Å². The predicted octanol–water partition coefficient (Wildman–Crippen LogP) is -1.03. The Morgan fingerprint density at radius 2 is 2.33 bits per heavy atom. The first-order valence-electron chi connectivity index (χ1n) is 3.94. The van der Waals surface area contributed by atoms with Crippen LogP contribution in [-0.2, 0) is 0 Å². The van der Waals surface area contributed by atoms with Gasteiger partial charge < -0.3 is 5.11 Å². The minimum Gasteiger partial charge on any atom is -0.389 e. The molecular formula is C7H12N4O. The number of β-amino-alcohol motifs (C(OH)–C–C–N with tert-alkyl or cyclic N) is 1. The first kappa shape index (κ1) is 7.72. The van der Waals surface area contributed by atoms with Crippen LogP contribution in [0.1, 0.15) is 6.04 Å². The molecule has 1 aliphatic heterocycles. The van der Waals surface area contributed by atoms with Gasteiger partial charge in [-0.05, 0) is 6.07 Å². The van der Waals surface area contributed by atoms with E-state index >= 15 is 0 Å². The Morgan fingerprint density at radius 3 is 2.83 bits per heavy atom. The lowest BCUT2D eigenvalue weighted by Gasteiger charge is -2.12. The maximum Gasteiger partial charge on any atom is 0.0931 e. The average Bonchev–Trinajstić information content (AvgIpc) is 2.58. The smallest absolute Gasteiger partial charge is 0.0931 e. The van der Waals surface area contributed by atoms with Crippen LogP contribution in [0.5, 0.6) is 0 Å². The summed E-state index contributed by atoms with van der Waals surface area (Å²) in [5, 5.41) is 15.2. The number of hydrogen-bond acceptors (Lipinski definition) is 4. The fourth-order valence-corrected chi connectivity index (χ4v) is 1.54. The van der Waals surface area contributed by atoms with Crippen LogP contribution in [0.4, 0.5) is 0 Å². The van der Waals surface area contributed by atoms with E-state index in [1.807, 2.05) is 12.3 Å². The molecule has 3 N–H and O–H groups in total. The van der Waals surface area contributed by atoms with Crippen LogP contribution in [0.3, 0.4) is 0 Å². The molecule has 2 atom stereocenters. The van der Waals surface area contributed by atoms with Crippen molar-refractivity contribution < 1.29 is 5.11 Å². The van der Waals surface area contributed by atoms with E-state index in [9.17, 15) is 5.11 Å². The van der Waals surface area contributed by atoms with Gasteiger partial charge in [-0.15, -0.1) is 0 Å². The molecule has 0 saturated carbocycles. The molecule has 12 heavy (non-hydrogen) atoms. The van der Waals surface area contributed by atoms with Gasteiger partial charge >= 0.3 is 0 Å². The lowest BCUT2D eigenvalue weighted by molar-refractivity contribution is 0.139. The van der Waals surface area contributed by atoms with E-state index in [1.165, 1.54) is 0 Å². The highest BCUT2D eigenvalue weighted by atomic mass is 16.3. The third kappa shape index (κ3) is 1.22. The quantitative estimate of drug-likeness (QED) is 0.526. The van der Waals surface area contributed by atoms with Crippen molar-refractivity contribution in [2.45, 2.75) is 12.1 Å². The van der Waals surface area contributed by atoms with Crippen molar-refractivity contribution in [3.8, 4) is 0 Å². The summed E-state index contributed by atoms with van der Waals surface area (Å²) in [6, 6.07) is 1.84. The summed E-state index contributed by atoms with van der Waals surface area (Å²) >= 11 is 0. The minimum absolute atomic E-state index is 0.00463. The van der Waals surface area contributed by atoms with Crippen LogP contribution in [0, 0.1) is 0 Å². The van der Waals surface area contributed by atoms with Gasteiger partial charge in [-0.25, -0.2) is 5.01 Å². The highest BCUT2D eigenvalue weighted by molar-refractivity contribution is 4.89. The number of hydrazine groups is 1. The van der Waals surface area contributed by atoms with Crippen molar-refractivity contribution in [2.24, 2.45) is 5.84 Å². The van der Waals surface area contributed by atoms with Gasteiger partial charge in [0.1, 0.15) is 0 Å². The molecule has 1 fully saturated rings. The fourth-order valence-electron chi connectivity index (χ4n) is 1.54. The van der Waals surface area contributed by atoms with Crippen LogP contribution in [0.25, 0.3) is 0 Å². The molecule has 0 aromatic carbocycles. The first-order chi connectivity index (χ1) is 5.77. The summed E-state index contributed by atoms with van der Waals surface area (Å²) in [5.74, 6) is 5.55. The topological polar surface area (TPSA) is 67.3 Å². The van der Waals surface area contributed by atoms with Gasteiger partial charge in [0.15, 0.2) is 0 Å². The van der Waals surface area contributed by atoms with Gasteiger partial charge in [0.25, 0.3) is 0 Å². The predicted molar refractivity (Wildman–Crippen MR) is 43.0 cm³/mol. The molecule has 0 amide bonds. The monoisotopic (exact) mass is 168 g/mol. The van der Waals surface area contributed by atoms with E-state index in [-0.39, 0.29) is 6.04 Å². The number of aliphatic hydroxyl groups excluding tert-OH is 1. The fraction of sp³-hybridized carbons (Fsp3) is 0.571. The Morgan fingerprint density at radius 1 is 1.50 bits per heavy atom. The minimum atomic E-state index is -0.408. The van der Waals surface area contributed by atoms with Crippen LogP contribution in [-0.4, -0.2) is 39.1 Å². The Bertz CT molecular complexity index is 248. The second kappa shape index (κ2) is 2.85. The van der Waals surface area contributed by atoms with E-state index in [0.29, 0.717) is 13.1 Å². The molecule has 66 valence electrons. The molecule has 2 rings (SSSR count). The van der Waals surface area contributed by atoms with E-state index in [4.69, 9.17) is 5.84 Å². The molecule has 1 aromatic rings. The van der Waals surface area contributed by atoms with Crippen molar-refractivity contribution in [3.05, 3.63) is 18.5 Å². The highest BCUT2D eigenvalue weighted by Gasteiger charge is 2.31. The molecule has 1 aliphatic rings. The normalized spacial score (nSPS) is 31.2. The number of rotatable bonds is 1. The van der Waals surface area contributed by atoms with Crippen molar-refractivity contribution in [3.63, 3.8) is 0 Å². The molecule has 2 unspecified atom stereocenters. The Kier molecular flexibility index (Phi) is 1.84. The number of nitrogens with zero attached hydrogens (tertiary/aromatic N) is 3. The zero-order valence-corrected chi connectivity index (χ0v) is 6.67. The summed E-state index contributed by atoms with van der Waals surface area (Å²) in [5.41, 5.74) is 0. The van der Waals surface area contributed by atoms with Gasteiger partial charge in [-0.1, -0.05) is 0 Å². The molecule has 2 heterocycles. The maximum absolute atomic E-state index is 9.55. The second-order valence-electron chi connectivity index (χ2n) is 3.07. The average molecular weight is 168 g/mol. The van der Waals surface area contributed by atoms with E-state index in [2.05, 4.69) is 5.10 Å². The lowest BCUT2D eigenvalue weighted by Crippen LogP contribution is -2.28. The number of hydrogen-bond donors (Lipinski definition) is 2. The molecule has 0 aliphatic carbocycles. The number of aromatic nitrogens is 2. The third-order valence-corrected chi connectivity index (χ3v) is 2.15. The van der Waals surface area contributed by atoms with Gasteiger partial charge in [-0.2, -0.15) is 5.10 Å². The number of nitrogens with two attached hydrogens (primary N) is 1. The third-order valence-electron chi connectivity index (χ3n) is 2.15. The zero-order chi connectivity index (χ0) is 8.55. The molecule has 5 nitrogen and oxygen atoms in total. The van der Waals surface area contributed by atoms with Crippen LogP contribution < -0.4 is 5.84 Å². The Labute approximate surface area is 70.4 Å². The molecule has 1 aromatic heterocycles. The molecule has 0 radical (unpaired) electrons. The Hall–Kier alpha value is -0.910. The SMILES string of the molecule is NN1CC(O)C(n2cccn2)C1. The zero-order valence-electron chi connectivity index (χ0n) is 6.67. The summed E-state index contributed by atoms with van der Waals surface area (Å²) in [6.07, 6.45) is 3.13. The summed E-state index contributed by atoms with van der Waals surface area (Å²) in [7, 11) is 0. The molecule has 0 bridgehead atoms. The van der Waals surface area contributed by atoms with Crippen molar-refractivity contribution in [1.82, 2.24) is 14.8 Å². The van der Waals surface area contributed by atoms with Crippen molar-refractivity contribution >= 4 is 0 Å². The van der Waals surface area contributed by atoms with E-state index in [1.54, 1.807) is 15.9 Å². The van der Waals surface area contributed by atoms with E-state index < -0.39 is 6.10 Å². The molecular weight excluding hydrogens is 156 g/mol. The molecule has 1 saturated heterocycles. The van der Waals surface area contributed by atoms with E-state index in [0.717, 1.165) is 0 Å². The molecule has 0 spiro atoms. The standard InChI is InChI=1S/C7H12N4O/c8-10-4-6(7(12)5-10)11-3-1-2-9-11/h1-3,6-7,12H,4-5,8H2. The molecule has 5 heteroatoms. The highest BCUT2D eigenvalue weighted by Crippen LogP contribution is 2.18. The second-order valence-corrected chi connectivity index (χ2v) is 3.07. The largest absolute Gasteiger partial charge is 0.389 e. The summed E-state index contributed by atoms with van der Waals surface area (Å²) in [6.45, 7) is 1.17. The Balaban J connectivity index is 2.15. The summed E-state index contributed by atoms with van der Waals surface area (Å²) < 4.78 is 1.75. The van der Waals surface area contributed by atoms with Gasteiger partial charge in [0.05, 0.1) is 12.1 Å². The van der Waals surface area contributed by atoms with Crippen molar-refractivity contribution in [2.75, 3.05) is 13.1 Å². The van der Waals surface area contributed by atoms with Crippen LogP contribution >= 0.6 is 0 Å². The van der Waals surface area contributed by atoms with Crippen molar-refractivity contribution in [1.29, 1.82) is 0 Å². The first-order valence-corrected chi connectivity index (χ1v) is 3.94. The summed E-state index contributed by atoms with van der Waals surface area (Å²) in [4.78, 5) is 0. The lowest BCUT2D eigenvalue weighted by atomic mass is 10.2. The van der Waals surface area contributed by atoms with Crippen LogP contribution in [0.15, 0.2) is 18.5 Å². The van der Waals surface area contributed by atoms with Gasteiger partial charge in [-0.3, -0.25) is 10.5 Å². The van der Waals surface area contributed by atoms with Gasteiger partial charge in [0.2, 0.25) is 0 Å².